The van der Waals surface area contributed by atoms with E-state index in [4.69, 9.17) is 4.74 Å². The van der Waals surface area contributed by atoms with Crippen LogP contribution in [0.2, 0.25) is 0 Å². The van der Waals surface area contributed by atoms with Crippen molar-refractivity contribution >= 4 is 17.9 Å². The molecular formula is C25H27F3N6O2. The van der Waals surface area contributed by atoms with Gasteiger partial charge in [-0.1, -0.05) is 13.8 Å². The zero-order valence-electron chi connectivity index (χ0n) is 20.6. The van der Waals surface area contributed by atoms with Gasteiger partial charge < -0.3 is 10.1 Å². The number of aryl methyl sites for hydroxylation is 2. The van der Waals surface area contributed by atoms with Gasteiger partial charge in [0.2, 0.25) is 5.95 Å². The van der Waals surface area contributed by atoms with Crippen molar-refractivity contribution in [2.45, 2.75) is 52.9 Å². The molecule has 0 radical (unpaired) electrons. The number of hydrogen-bond donors (Lipinski definition) is 1. The van der Waals surface area contributed by atoms with Crippen molar-refractivity contribution in [1.29, 1.82) is 0 Å². The van der Waals surface area contributed by atoms with Gasteiger partial charge in [0.05, 0.1) is 17.8 Å². The standard InChI is InChI=1S/C25H27F3N6O2/c1-13(2)20-12-36-24(35)34(20)22-6-7-29-23(33-22)32-16(5)19-8-14(3)18(11-30-19)17-9-15(4)31-21(10-17)25(26,27)28/h6-11,13,16,20H,12H2,1-5H3,(H,29,32,33)/t16-,20+/m0/s1. The SMILES string of the molecule is Cc1cc(-c2cnc([C@H](C)Nc3nccc(N4C(=O)OC[C@@H]4C(C)C)n3)cc2C)cc(C(F)(F)F)n1. The highest BCUT2D eigenvalue weighted by atomic mass is 19.4. The molecule has 3 aromatic rings. The number of carbonyl (C=O) groups is 1. The maximum absolute atomic E-state index is 13.2. The zero-order valence-corrected chi connectivity index (χ0v) is 20.6. The minimum atomic E-state index is -4.53. The lowest BCUT2D eigenvalue weighted by Crippen LogP contribution is -2.37. The summed E-state index contributed by atoms with van der Waals surface area (Å²) in [5.41, 5.74) is 1.76. The van der Waals surface area contributed by atoms with Gasteiger partial charge in [-0.2, -0.15) is 18.2 Å². The molecule has 1 aliphatic heterocycles. The number of anilines is 2. The largest absolute Gasteiger partial charge is 0.447 e. The lowest BCUT2D eigenvalue weighted by molar-refractivity contribution is -0.141. The van der Waals surface area contributed by atoms with Crippen LogP contribution >= 0.6 is 0 Å². The summed E-state index contributed by atoms with van der Waals surface area (Å²) in [6.45, 7) is 9.54. The van der Waals surface area contributed by atoms with Crippen LogP contribution in [0.15, 0.2) is 36.7 Å². The van der Waals surface area contributed by atoms with Crippen LogP contribution in [-0.2, 0) is 10.9 Å². The van der Waals surface area contributed by atoms with Crippen molar-refractivity contribution in [3.63, 3.8) is 0 Å². The van der Waals surface area contributed by atoms with Crippen LogP contribution in [0.25, 0.3) is 11.1 Å². The summed E-state index contributed by atoms with van der Waals surface area (Å²) >= 11 is 0. The van der Waals surface area contributed by atoms with E-state index in [0.717, 1.165) is 11.6 Å². The number of nitrogens with zero attached hydrogens (tertiary/aromatic N) is 5. The summed E-state index contributed by atoms with van der Waals surface area (Å²) < 4.78 is 44.9. The molecule has 190 valence electrons. The van der Waals surface area contributed by atoms with Gasteiger partial charge in [0.25, 0.3) is 0 Å². The number of aromatic nitrogens is 4. The average Bonchev–Trinajstić information content (AvgIpc) is 3.20. The molecule has 1 amide bonds. The highest BCUT2D eigenvalue weighted by Crippen LogP contribution is 2.33. The van der Waals surface area contributed by atoms with Crippen molar-refractivity contribution < 1.29 is 22.7 Å². The monoisotopic (exact) mass is 500 g/mol. The maximum Gasteiger partial charge on any atom is 0.433 e. The molecule has 11 heteroatoms. The van der Waals surface area contributed by atoms with Crippen LogP contribution in [-0.4, -0.2) is 38.7 Å². The maximum atomic E-state index is 13.2. The Morgan fingerprint density at radius 3 is 2.53 bits per heavy atom. The second kappa shape index (κ2) is 9.71. The highest BCUT2D eigenvalue weighted by Gasteiger charge is 2.37. The summed E-state index contributed by atoms with van der Waals surface area (Å²) in [5, 5.41) is 3.18. The van der Waals surface area contributed by atoms with Gasteiger partial charge in [-0.05, 0) is 62.1 Å². The number of rotatable bonds is 6. The molecule has 1 saturated heterocycles. The molecule has 36 heavy (non-hydrogen) atoms. The number of halogens is 3. The van der Waals surface area contributed by atoms with E-state index in [1.807, 2.05) is 33.8 Å². The quantitative estimate of drug-likeness (QED) is 0.462. The minimum absolute atomic E-state index is 0.121. The number of pyridine rings is 2. The summed E-state index contributed by atoms with van der Waals surface area (Å²) in [5.74, 6) is 0.933. The fourth-order valence-electron chi connectivity index (χ4n) is 4.10. The second-order valence-electron chi connectivity index (χ2n) is 9.17. The number of cyclic esters (lactones) is 1. The van der Waals surface area contributed by atoms with Crippen molar-refractivity contribution in [3.8, 4) is 11.1 Å². The molecule has 1 aliphatic rings. The van der Waals surface area contributed by atoms with Gasteiger partial charge >= 0.3 is 12.3 Å². The summed E-state index contributed by atoms with van der Waals surface area (Å²) in [7, 11) is 0. The Morgan fingerprint density at radius 2 is 1.86 bits per heavy atom. The van der Waals surface area contributed by atoms with Gasteiger partial charge in [0.1, 0.15) is 18.1 Å². The number of hydrogen-bond acceptors (Lipinski definition) is 7. The minimum Gasteiger partial charge on any atom is -0.447 e. The third-order valence-corrected chi connectivity index (χ3v) is 6.04. The number of amides is 1. The molecule has 0 aliphatic carbocycles. The topological polar surface area (TPSA) is 93.1 Å². The Balaban J connectivity index is 1.55. The van der Waals surface area contributed by atoms with E-state index in [-0.39, 0.29) is 23.7 Å². The molecule has 0 unspecified atom stereocenters. The smallest absolute Gasteiger partial charge is 0.433 e. The molecule has 1 N–H and O–H groups in total. The van der Waals surface area contributed by atoms with E-state index in [2.05, 4.69) is 25.3 Å². The van der Waals surface area contributed by atoms with Crippen molar-refractivity contribution in [1.82, 2.24) is 19.9 Å². The number of ether oxygens (including phenoxy) is 1. The van der Waals surface area contributed by atoms with E-state index in [1.165, 1.54) is 11.8 Å². The average molecular weight is 501 g/mol. The number of nitrogens with one attached hydrogen (secondary N) is 1. The molecule has 0 aromatic carbocycles. The number of carbonyl (C=O) groups excluding carboxylic acids is 1. The Bertz CT molecular complexity index is 1280. The molecular weight excluding hydrogens is 473 g/mol. The molecule has 1 fully saturated rings. The first kappa shape index (κ1) is 25.3. The van der Waals surface area contributed by atoms with Crippen LogP contribution in [0.5, 0.6) is 0 Å². The van der Waals surface area contributed by atoms with Gasteiger partial charge in [0.15, 0.2) is 0 Å². The van der Waals surface area contributed by atoms with E-state index in [0.29, 0.717) is 35.2 Å². The Labute approximate surface area is 207 Å². The molecule has 8 nitrogen and oxygen atoms in total. The van der Waals surface area contributed by atoms with Crippen LogP contribution in [0, 0.1) is 19.8 Å². The molecule has 2 atom stereocenters. The molecule has 4 heterocycles. The molecule has 0 spiro atoms. The second-order valence-corrected chi connectivity index (χ2v) is 9.17. The van der Waals surface area contributed by atoms with Crippen LogP contribution in [0.1, 0.15) is 49.5 Å². The lowest BCUT2D eigenvalue weighted by Gasteiger charge is -2.23. The van der Waals surface area contributed by atoms with E-state index in [1.54, 1.807) is 24.5 Å². The van der Waals surface area contributed by atoms with Gasteiger partial charge in [-0.3, -0.25) is 9.88 Å². The fourth-order valence-corrected chi connectivity index (χ4v) is 4.10. The van der Waals surface area contributed by atoms with E-state index < -0.39 is 18.0 Å². The Morgan fingerprint density at radius 1 is 1.11 bits per heavy atom. The third kappa shape index (κ3) is 5.24. The number of alkyl halides is 3. The van der Waals surface area contributed by atoms with E-state index in [9.17, 15) is 18.0 Å². The van der Waals surface area contributed by atoms with Crippen LogP contribution in [0.3, 0.4) is 0 Å². The van der Waals surface area contributed by atoms with Gasteiger partial charge in [-0.25, -0.2) is 14.8 Å². The summed E-state index contributed by atoms with van der Waals surface area (Å²) in [4.78, 5) is 30.6. The predicted octanol–water partition coefficient (Wildman–Crippen LogP) is 5.72. The zero-order chi connectivity index (χ0) is 26.2. The lowest BCUT2D eigenvalue weighted by atomic mass is 10.0. The predicted molar refractivity (Wildman–Crippen MR) is 128 cm³/mol. The highest BCUT2D eigenvalue weighted by molar-refractivity contribution is 5.89. The van der Waals surface area contributed by atoms with Crippen molar-refractivity contribution in [2.24, 2.45) is 5.92 Å². The molecule has 0 saturated carbocycles. The Kier molecular flexibility index (Phi) is 6.83. The summed E-state index contributed by atoms with van der Waals surface area (Å²) in [6, 6.07) is 5.67. The first-order valence-corrected chi connectivity index (χ1v) is 11.5. The molecule has 0 bridgehead atoms. The fraction of sp³-hybridized carbons (Fsp3) is 0.400. The molecule has 3 aromatic heterocycles. The third-order valence-electron chi connectivity index (χ3n) is 6.04. The van der Waals surface area contributed by atoms with Gasteiger partial charge in [0, 0.05) is 23.7 Å². The van der Waals surface area contributed by atoms with Crippen molar-refractivity contribution in [2.75, 3.05) is 16.8 Å². The van der Waals surface area contributed by atoms with Crippen molar-refractivity contribution in [3.05, 3.63) is 59.3 Å². The first-order valence-electron chi connectivity index (χ1n) is 11.5. The van der Waals surface area contributed by atoms with Crippen LogP contribution < -0.4 is 10.2 Å². The first-order chi connectivity index (χ1) is 16.9. The van der Waals surface area contributed by atoms with E-state index >= 15 is 0 Å². The Hall–Kier alpha value is -3.76. The molecule has 4 rings (SSSR count). The summed E-state index contributed by atoms with van der Waals surface area (Å²) in [6.07, 6.45) is -1.86. The van der Waals surface area contributed by atoms with Gasteiger partial charge in [-0.15, -0.1) is 0 Å². The normalized spacial score (nSPS) is 16.9. The van der Waals surface area contributed by atoms with Crippen LogP contribution in [0.4, 0.5) is 29.7 Å².